The smallest absolute Gasteiger partial charge is 0.252 e. The topological polar surface area (TPSA) is 72.2 Å². The lowest BCUT2D eigenvalue weighted by molar-refractivity contribution is -0.120. The van der Waals surface area contributed by atoms with Crippen LogP contribution in [-0.2, 0) is 15.6 Å². The maximum absolute atomic E-state index is 13.0. The van der Waals surface area contributed by atoms with Crippen LogP contribution in [0.25, 0.3) is 0 Å². The molecule has 1 atom stereocenters. The summed E-state index contributed by atoms with van der Waals surface area (Å²) in [5, 5.41) is 2.79. The molecule has 0 fully saturated rings. The second kappa shape index (κ2) is 7.55. The van der Waals surface area contributed by atoms with Crippen molar-refractivity contribution < 1.29 is 9.59 Å². The molecule has 144 valence electrons. The predicted molar refractivity (Wildman–Crippen MR) is 110 cm³/mol. The van der Waals surface area contributed by atoms with Crippen LogP contribution in [0.5, 0.6) is 0 Å². The lowest BCUT2D eigenvalue weighted by atomic mass is 9.79. The molecule has 0 aliphatic carbocycles. The van der Waals surface area contributed by atoms with Gasteiger partial charge in [-0.15, -0.1) is 0 Å². The molecule has 0 saturated heterocycles. The minimum absolute atomic E-state index is 0.0984. The lowest BCUT2D eigenvalue weighted by Crippen LogP contribution is -2.37. The van der Waals surface area contributed by atoms with Crippen molar-refractivity contribution in [2.24, 2.45) is 5.73 Å². The summed E-state index contributed by atoms with van der Waals surface area (Å²) in [7, 11) is 0. The molecule has 0 bridgehead atoms. The van der Waals surface area contributed by atoms with E-state index in [4.69, 9.17) is 5.73 Å². The summed E-state index contributed by atoms with van der Waals surface area (Å²) in [6.07, 6.45) is 0. The molecule has 3 N–H and O–H groups in total. The Morgan fingerprint density at radius 3 is 1.74 bits per heavy atom. The number of carbonyl (C=O) groups excluding carboxylic acids is 2. The maximum Gasteiger partial charge on any atom is 0.252 e. The van der Waals surface area contributed by atoms with Gasteiger partial charge in [-0.2, -0.15) is 0 Å². The van der Waals surface area contributed by atoms with Crippen molar-refractivity contribution in [3.05, 3.63) is 70.8 Å². The monoisotopic (exact) mass is 366 g/mol. The van der Waals surface area contributed by atoms with Crippen molar-refractivity contribution in [3.8, 4) is 0 Å². The van der Waals surface area contributed by atoms with Crippen LogP contribution >= 0.6 is 0 Å². The molecule has 2 rings (SSSR count). The van der Waals surface area contributed by atoms with Crippen LogP contribution in [0.2, 0.25) is 0 Å². The van der Waals surface area contributed by atoms with Gasteiger partial charge in [-0.1, -0.05) is 77.9 Å². The zero-order valence-electron chi connectivity index (χ0n) is 17.1. The fourth-order valence-corrected chi connectivity index (χ4v) is 2.80. The van der Waals surface area contributed by atoms with Crippen LogP contribution in [0.4, 0.5) is 0 Å². The number of carbonyl (C=O) groups is 2. The number of rotatable bonds is 4. The van der Waals surface area contributed by atoms with E-state index in [0.29, 0.717) is 11.1 Å². The molecule has 4 nitrogen and oxygen atoms in total. The first-order valence-corrected chi connectivity index (χ1v) is 9.21. The van der Waals surface area contributed by atoms with Gasteiger partial charge in [0.15, 0.2) is 0 Å². The van der Waals surface area contributed by atoms with E-state index in [1.165, 1.54) is 0 Å². The first-order valence-electron chi connectivity index (χ1n) is 9.21. The third-order valence-corrected chi connectivity index (χ3v) is 4.62. The number of hydrogen-bond acceptors (Lipinski definition) is 2. The van der Waals surface area contributed by atoms with Crippen molar-refractivity contribution >= 4 is 11.8 Å². The van der Waals surface area contributed by atoms with E-state index in [0.717, 1.165) is 11.1 Å². The zero-order valence-corrected chi connectivity index (χ0v) is 17.1. The summed E-state index contributed by atoms with van der Waals surface area (Å²) >= 11 is 0. The Labute approximate surface area is 162 Å². The van der Waals surface area contributed by atoms with E-state index < -0.39 is 11.9 Å². The predicted octanol–water partition coefficient (Wildman–Crippen LogP) is 4.24. The van der Waals surface area contributed by atoms with Gasteiger partial charge < -0.3 is 11.1 Å². The highest BCUT2D eigenvalue weighted by molar-refractivity contribution is 5.98. The van der Waals surface area contributed by atoms with Crippen LogP contribution < -0.4 is 11.1 Å². The Balaban J connectivity index is 2.44. The normalized spacial score (nSPS) is 13.1. The molecule has 0 aromatic heterocycles. The van der Waals surface area contributed by atoms with E-state index in [1.54, 1.807) is 12.1 Å². The molecule has 0 aliphatic rings. The maximum atomic E-state index is 13.0. The van der Waals surface area contributed by atoms with Gasteiger partial charge in [-0.05, 0) is 39.7 Å². The number of hydrogen-bond donors (Lipinski definition) is 2. The molecule has 2 amide bonds. The highest BCUT2D eigenvalue weighted by atomic mass is 16.2. The third kappa shape index (κ3) is 5.19. The van der Waals surface area contributed by atoms with Crippen molar-refractivity contribution in [1.29, 1.82) is 0 Å². The van der Waals surface area contributed by atoms with Gasteiger partial charge >= 0.3 is 0 Å². The summed E-state index contributed by atoms with van der Waals surface area (Å²) in [5.74, 6) is -0.892. The SMILES string of the molecule is CC(C)(C)c1cc(C(=O)NC(C(N)=O)c2ccccc2)cc(C(C)(C)C)c1. The van der Waals surface area contributed by atoms with Crippen LogP contribution in [0, 0.1) is 0 Å². The van der Waals surface area contributed by atoms with E-state index in [9.17, 15) is 9.59 Å². The van der Waals surface area contributed by atoms with Crippen molar-refractivity contribution in [1.82, 2.24) is 5.32 Å². The minimum Gasteiger partial charge on any atom is -0.368 e. The molecular weight excluding hydrogens is 336 g/mol. The van der Waals surface area contributed by atoms with Gasteiger partial charge in [-0.25, -0.2) is 0 Å². The molecule has 2 aromatic rings. The van der Waals surface area contributed by atoms with Gasteiger partial charge in [0, 0.05) is 5.56 Å². The summed E-state index contributed by atoms with van der Waals surface area (Å²) in [4.78, 5) is 24.9. The summed E-state index contributed by atoms with van der Waals surface area (Å²) < 4.78 is 0. The molecular formula is C23H30N2O2. The van der Waals surface area contributed by atoms with Crippen LogP contribution in [0.1, 0.15) is 74.6 Å². The Kier molecular flexibility index (Phi) is 5.79. The first kappa shape index (κ1) is 20.7. The second-order valence-corrected chi connectivity index (χ2v) is 9.02. The standard InChI is InChI=1S/C23H30N2O2/c1-22(2,3)17-12-16(13-18(14-17)23(4,5)6)21(27)25-19(20(24)26)15-10-8-7-9-11-15/h7-14,19H,1-6H3,(H2,24,26)(H,25,27). The summed E-state index contributed by atoms with van der Waals surface area (Å²) in [6.45, 7) is 12.7. The molecule has 0 saturated carbocycles. The minimum atomic E-state index is -0.866. The molecule has 27 heavy (non-hydrogen) atoms. The lowest BCUT2D eigenvalue weighted by Gasteiger charge is -2.26. The Bertz CT molecular complexity index is 795. The molecule has 0 aliphatic heterocycles. The number of primary amides is 1. The average molecular weight is 367 g/mol. The van der Waals surface area contributed by atoms with Crippen LogP contribution in [0.15, 0.2) is 48.5 Å². The molecule has 0 heterocycles. The number of nitrogens with two attached hydrogens (primary N) is 1. The summed E-state index contributed by atoms with van der Waals surface area (Å²) in [5.41, 5.74) is 8.71. The molecule has 1 unspecified atom stereocenters. The highest BCUT2D eigenvalue weighted by Crippen LogP contribution is 2.30. The molecule has 0 radical (unpaired) electrons. The molecule has 4 heteroatoms. The van der Waals surface area contributed by atoms with Gasteiger partial charge in [0.1, 0.15) is 6.04 Å². The Morgan fingerprint density at radius 2 is 1.33 bits per heavy atom. The highest BCUT2D eigenvalue weighted by Gasteiger charge is 2.25. The first-order chi connectivity index (χ1) is 12.4. The largest absolute Gasteiger partial charge is 0.368 e. The number of amides is 2. The van der Waals surface area contributed by atoms with E-state index >= 15 is 0 Å². The fraction of sp³-hybridized carbons (Fsp3) is 0.391. The van der Waals surface area contributed by atoms with Gasteiger partial charge in [0.25, 0.3) is 5.91 Å². The fourth-order valence-electron chi connectivity index (χ4n) is 2.80. The van der Waals surface area contributed by atoms with Crippen molar-refractivity contribution in [3.63, 3.8) is 0 Å². The van der Waals surface area contributed by atoms with E-state index in [1.807, 2.05) is 30.3 Å². The number of benzene rings is 2. The van der Waals surface area contributed by atoms with Gasteiger partial charge in [0.2, 0.25) is 5.91 Å². The zero-order chi connectivity index (χ0) is 20.4. The van der Waals surface area contributed by atoms with Crippen molar-refractivity contribution in [2.45, 2.75) is 58.4 Å². The van der Waals surface area contributed by atoms with Gasteiger partial charge in [0.05, 0.1) is 0 Å². The number of nitrogens with one attached hydrogen (secondary N) is 1. The molecule has 2 aromatic carbocycles. The van der Waals surface area contributed by atoms with Gasteiger partial charge in [-0.3, -0.25) is 9.59 Å². The third-order valence-electron chi connectivity index (χ3n) is 4.62. The van der Waals surface area contributed by atoms with E-state index in [-0.39, 0.29) is 16.7 Å². The van der Waals surface area contributed by atoms with Crippen LogP contribution in [-0.4, -0.2) is 11.8 Å². The quantitative estimate of drug-likeness (QED) is 0.849. The average Bonchev–Trinajstić information content (AvgIpc) is 2.58. The van der Waals surface area contributed by atoms with Crippen molar-refractivity contribution in [2.75, 3.05) is 0 Å². The van der Waals surface area contributed by atoms with Crippen LogP contribution in [0.3, 0.4) is 0 Å². The Hall–Kier alpha value is -2.62. The summed E-state index contributed by atoms with van der Waals surface area (Å²) in [6, 6.07) is 14.1. The van der Waals surface area contributed by atoms with E-state index in [2.05, 4.69) is 52.9 Å². The second-order valence-electron chi connectivity index (χ2n) is 9.02. The molecule has 0 spiro atoms. The Morgan fingerprint density at radius 1 is 0.852 bits per heavy atom.